The van der Waals surface area contributed by atoms with Gasteiger partial charge in [-0.25, -0.2) is 18.2 Å². The molecular formula is C20H21F6N5O3. The Kier molecular flexibility index (Phi) is 6.92. The van der Waals surface area contributed by atoms with E-state index in [4.69, 9.17) is 15.6 Å². The van der Waals surface area contributed by atoms with Crippen molar-refractivity contribution >= 4 is 23.6 Å². The first-order valence-corrected chi connectivity index (χ1v) is 10.1. The molecule has 186 valence electrons. The molecule has 0 spiro atoms. The van der Waals surface area contributed by atoms with Gasteiger partial charge in [-0.15, -0.1) is 0 Å². The lowest BCUT2D eigenvalue weighted by molar-refractivity contribution is -0.163. The molecule has 0 bridgehead atoms. The normalized spacial score (nSPS) is 21.1. The molecule has 0 radical (unpaired) electrons. The molecule has 2 heterocycles. The van der Waals surface area contributed by atoms with Crippen LogP contribution in [0.4, 0.5) is 26.3 Å². The number of carbonyl (C=O) groups is 2. The van der Waals surface area contributed by atoms with Crippen LogP contribution in [0.15, 0.2) is 18.2 Å². The molecule has 2 unspecified atom stereocenters. The molecule has 2 amide bonds. The van der Waals surface area contributed by atoms with Crippen molar-refractivity contribution in [1.29, 1.82) is 10.8 Å². The lowest BCUT2D eigenvalue weighted by atomic mass is 9.99. The number of piperidine rings is 1. The fourth-order valence-electron chi connectivity index (χ4n) is 3.63. The SMILES string of the molecule is CC(F)C(=N)OC(=N)c1ccc2c(c1)C(=O)N(N1CCC(F)(F)CC1C(=O)NCC(F)(F)F)C2. The van der Waals surface area contributed by atoms with E-state index in [1.165, 1.54) is 18.2 Å². The van der Waals surface area contributed by atoms with E-state index in [9.17, 15) is 35.9 Å². The fourth-order valence-corrected chi connectivity index (χ4v) is 3.63. The van der Waals surface area contributed by atoms with Crippen LogP contribution < -0.4 is 5.32 Å². The molecule has 8 nitrogen and oxygen atoms in total. The molecule has 2 atom stereocenters. The summed E-state index contributed by atoms with van der Waals surface area (Å²) >= 11 is 0. The van der Waals surface area contributed by atoms with Crippen molar-refractivity contribution in [3.8, 4) is 0 Å². The van der Waals surface area contributed by atoms with E-state index in [0.717, 1.165) is 16.9 Å². The number of hydrogen-bond donors (Lipinski definition) is 3. The second-order valence-corrected chi connectivity index (χ2v) is 7.97. The van der Waals surface area contributed by atoms with Crippen LogP contribution in [0.5, 0.6) is 0 Å². The van der Waals surface area contributed by atoms with Crippen molar-refractivity contribution in [2.45, 2.75) is 50.6 Å². The Hall–Kier alpha value is -3.16. The number of alkyl halides is 6. The number of benzene rings is 1. The van der Waals surface area contributed by atoms with Crippen LogP contribution in [-0.2, 0) is 16.1 Å². The number of hydrazine groups is 1. The highest BCUT2D eigenvalue weighted by molar-refractivity contribution is 6.04. The second kappa shape index (κ2) is 9.24. The van der Waals surface area contributed by atoms with E-state index in [-0.39, 0.29) is 17.7 Å². The Morgan fingerprint density at radius 2 is 2.00 bits per heavy atom. The topological polar surface area (TPSA) is 110 Å². The lowest BCUT2D eigenvalue weighted by Gasteiger charge is -2.42. The quantitative estimate of drug-likeness (QED) is 0.333. The highest BCUT2D eigenvalue weighted by atomic mass is 19.4. The molecule has 3 N–H and O–H groups in total. The lowest BCUT2D eigenvalue weighted by Crippen LogP contribution is -2.60. The molecule has 1 saturated heterocycles. The van der Waals surface area contributed by atoms with Crippen molar-refractivity contribution in [3.05, 3.63) is 34.9 Å². The minimum absolute atomic E-state index is 0.0454. The zero-order chi connectivity index (χ0) is 25.4. The van der Waals surface area contributed by atoms with Gasteiger partial charge in [0.05, 0.1) is 6.54 Å². The van der Waals surface area contributed by atoms with Gasteiger partial charge in [0.15, 0.2) is 6.17 Å². The molecule has 1 aromatic rings. The summed E-state index contributed by atoms with van der Waals surface area (Å²) in [5, 5.41) is 18.9. The molecule has 1 aromatic carbocycles. The molecule has 34 heavy (non-hydrogen) atoms. The minimum Gasteiger partial charge on any atom is -0.422 e. The van der Waals surface area contributed by atoms with E-state index < -0.39 is 73.9 Å². The molecule has 0 aromatic heterocycles. The van der Waals surface area contributed by atoms with E-state index >= 15 is 0 Å². The maximum Gasteiger partial charge on any atom is 0.405 e. The van der Waals surface area contributed by atoms with E-state index in [0.29, 0.717) is 5.56 Å². The second-order valence-electron chi connectivity index (χ2n) is 7.97. The molecule has 1 fully saturated rings. The molecule has 14 heteroatoms. The molecule has 0 aliphatic carbocycles. The monoisotopic (exact) mass is 493 g/mol. The maximum atomic E-state index is 14.0. The van der Waals surface area contributed by atoms with E-state index in [1.54, 1.807) is 5.32 Å². The van der Waals surface area contributed by atoms with Crippen LogP contribution in [0.1, 0.15) is 41.3 Å². The number of halogens is 6. The van der Waals surface area contributed by atoms with Gasteiger partial charge in [-0.1, -0.05) is 6.07 Å². The van der Waals surface area contributed by atoms with Gasteiger partial charge in [-0.3, -0.25) is 25.4 Å². The zero-order valence-corrected chi connectivity index (χ0v) is 17.8. The molecule has 2 aliphatic heterocycles. The van der Waals surface area contributed by atoms with Crippen LogP contribution in [0, 0.1) is 10.8 Å². The predicted octanol–water partition coefficient (Wildman–Crippen LogP) is 3.01. The van der Waals surface area contributed by atoms with Crippen molar-refractivity contribution in [2.75, 3.05) is 13.1 Å². The molecule has 3 rings (SSSR count). The van der Waals surface area contributed by atoms with Gasteiger partial charge in [-0.2, -0.15) is 13.2 Å². The summed E-state index contributed by atoms with van der Waals surface area (Å²) in [6.45, 7) is -1.24. The van der Waals surface area contributed by atoms with Gasteiger partial charge in [0.25, 0.3) is 11.8 Å². The number of amides is 2. The van der Waals surface area contributed by atoms with Crippen molar-refractivity contribution in [1.82, 2.24) is 15.3 Å². The molecular weight excluding hydrogens is 472 g/mol. The molecule has 0 saturated carbocycles. The average molecular weight is 493 g/mol. The number of ether oxygens (including phenoxy) is 1. The van der Waals surface area contributed by atoms with Crippen LogP contribution in [0.2, 0.25) is 0 Å². The van der Waals surface area contributed by atoms with Gasteiger partial charge in [0.1, 0.15) is 12.6 Å². The highest BCUT2D eigenvalue weighted by Gasteiger charge is 2.48. The van der Waals surface area contributed by atoms with E-state index in [1.807, 2.05) is 0 Å². The van der Waals surface area contributed by atoms with Gasteiger partial charge in [-0.05, 0) is 24.6 Å². The van der Waals surface area contributed by atoms with Crippen molar-refractivity contribution in [2.24, 2.45) is 0 Å². The van der Waals surface area contributed by atoms with Crippen LogP contribution in [-0.4, -0.2) is 71.0 Å². The van der Waals surface area contributed by atoms with Crippen molar-refractivity contribution in [3.63, 3.8) is 0 Å². The summed E-state index contributed by atoms with van der Waals surface area (Å²) in [6, 6.07) is 2.36. The van der Waals surface area contributed by atoms with Crippen LogP contribution in [0.25, 0.3) is 0 Å². The number of fused-ring (bicyclic) bond motifs is 1. The number of nitrogens with one attached hydrogen (secondary N) is 3. The number of hydrogen-bond acceptors (Lipinski definition) is 6. The van der Waals surface area contributed by atoms with Gasteiger partial charge in [0.2, 0.25) is 17.7 Å². The number of carbonyl (C=O) groups excluding carboxylic acids is 2. The summed E-state index contributed by atoms with van der Waals surface area (Å²) in [6.07, 6.45) is -8.27. The highest BCUT2D eigenvalue weighted by Crippen LogP contribution is 2.36. The van der Waals surface area contributed by atoms with Gasteiger partial charge < -0.3 is 10.1 Å². The summed E-state index contributed by atoms with van der Waals surface area (Å²) in [5.41, 5.74) is 0.517. The average Bonchev–Trinajstić information content (AvgIpc) is 3.06. The summed E-state index contributed by atoms with van der Waals surface area (Å²) in [5.74, 6) is -6.69. The fraction of sp³-hybridized carbons (Fsp3) is 0.500. The smallest absolute Gasteiger partial charge is 0.405 e. The summed E-state index contributed by atoms with van der Waals surface area (Å²) in [7, 11) is 0. The first-order chi connectivity index (χ1) is 15.7. The van der Waals surface area contributed by atoms with Crippen molar-refractivity contribution < 1.29 is 40.7 Å². The summed E-state index contributed by atoms with van der Waals surface area (Å²) in [4.78, 5) is 25.4. The largest absolute Gasteiger partial charge is 0.422 e. The third kappa shape index (κ3) is 5.66. The Morgan fingerprint density at radius 1 is 1.32 bits per heavy atom. The first kappa shape index (κ1) is 25.5. The number of nitrogens with zero attached hydrogens (tertiary/aromatic N) is 2. The Morgan fingerprint density at radius 3 is 2.62 bits per heavy atom. The Balaban J connectivity index is 1.80. The van der Waals surface area contributed by atoms with Crippen LogP contribution in [0.3, 0.4) is 0 Å². The maximum absolute atomic E-state index is 14.0. The third-order valence-corrected chi connectivity index (χ3v) is 5.36. The molecule has 2 aliphatic rings. The minimum atomic E-state index is -4.74. The van der Waals surface area contributed by atoms with E-state index in [2.05, 4.69) is 0 Å². The summed E-state index contributed by atoms with van der Waals surface area (Å²) < 4.78 is 83.4. The Labute approximate surface area is 189 Å². The predicted molar refractivity (Wildman–Crippen MR) is 106 cm³/mol. The number of rotatable bonds is 5. The standard InChI is InChI=1S/C20H21F6N5O3/c1-10(21)15(27)34-16(28)11-2-3-12-8-31(18(33)13(12)6-11)30-5-4-19(22,23)7-14(30)17(32)29-9-20(24,25)26/h2-3,6,10,14,27-28H,4-5,7-9H2,1H3,(H,29,32). The van der Waals surface area contributed by atoms with Gasteiger partial charge >= 0.3 is 6.18 Å². The van der Waals surface area contributed by atoms with Crippen LogP contribution >= 0.6 is 0 Å². The first-order valence-electron chi connectivity index (χ1n) is 10.1. The van der Waals surface area contributed by atoms with Gasteiger partial charge in [0, 0.05) is 30.5 Å². The Bertz CT molecular complexity index is 1010. The zero-order valence-electron chi connectivity index (χ0n) is 17.8. The third-order valence-electron chi connectivity index (χ3n) is 5.36.